The molecule has 1 aliphatic heterocycles. The van der Waals surface area contributed by atoms with E-state index < -0.39 is 36.9 Å². The van der Waals surface area contributed by atoms with E-state index in [0.29, 0.717) is 30.0 Å². The summed E-state index contributed by atoms with van der Waals surface area (Å²) in [7, 11) is 0. The second kappa shape index (κ2) is 10.7. The fraction of sp³-hybridized carbons (Fsp3) is 0.333. The first-order valence-electron chi connectivity index (χ1n) is 10.7. The number of fused-ring (bicyclic) bond motifs is 1. The van der Waals surface area contributed by atoms with Crippen molar-refractivity contribution in [3.05, 3.63) is 54.6 Å². The molecule has 0 aromatic heterocycles. The number of ether oxygens (including phenoxy) is 2. The number of nitrogens with zero attached hydrogens (tertiary/aromatic N) is 1. The van der Waals surface area contributed by atoms with Crippen LogP contribution in [0.3, 0.4) is 0 Å². The SMILES string of the molecule is O=C(COC(=O)CN1C(=O)[C@H]2C[C@@H](Br)[C@@H](Br)C[C@H]2C1=O)Nc1ccc(Oc2ccccc2)cc1. The molecule has 0 bridgehead atoms. The summed E-state index contributed by atoms with van der Waals surface area (Å²) in [5.74, 6) is -1.65. The van der Waals surface area contributed by atoms with Crippen LogP contribution in [0.2, 0.25) is 0 Å². The highest BCUT2D eigenvalue weighted by molar-refractivity contribution is 9.12. The lowest BCUT2D eigenvalue weighted by Gasteiger charge is -2.29. The largest absolute Gasteiger partial charge is 0.457 e. The van der Waals surface area contributed by atoms with Crippen molar-refractivity contribution in [2.24, 2.45) is 11.8 Å². The lowest BCUT2D eigenvalue weighted by atomic mass is 9.81. The van der Waals surface area contributed by atoms with Crippen LogP contribution in [-0.4, -0.2) is 51.4 Å². The van der Waals surface area contributed by atoms with Crippen LogP contribution in [0.1, 0.15) is 12.8 Å². The van der Waals surface area contributed by atoms with Gasteiger partial charge in [-0.3, -0.25) is 24.1 Å². The van der Waals surface area contributed by atoms with Gasteiger partial charge >= 0.3 is 5.97 Å². The molecule has 0 unspecified atom stereocenters. The van der Waals surface area contributed by atoms with Gasteiger partial charge in [-0.25, -0.2) is 0 Å². The van der Waals surface area contributed by atoms with Crippen molar-refractivity contribution in [1.29, 1.82) is 0 Å². The number of carbonyl (C=O) groups excluding carboxylic acids is 4. The highest BCUT2D eigenvalue weighted by Crippen LogP contribution is 2.43. The summed E-state index contributed by atoms with van der Waals surface area (Å²) in [6.45, 7) is -1.03. The molecule has 2 aliphatic rings. The number of carbonyl (C=O) groups is 4. The molecule has 1 N–H and O–H groups in total. The lowest BCUT2D eigenvalue weighted by molar-refractivity contribution is -0.154. The van der Waals surface area contributed by atoms with Crippen molar-refractivity contribution in [3.63, 3.8) is 0 Å². The Morgan fingerprint density at radius 3 is 2.03 bits per heavy atom. The highest BCUT2D eigenvalue weighted by Gasteiger charge is 2.52. The fourth-order valence-corrected chi connectivity index (χ4v) is 5.31. The summed E-state index contributed by atoms with van der Waals surface area (Å²) in [5, 5.41) is 2.62. The van der Waals surface area contributed by atoms with Crippen molar-refractivity contribution in [2.45, 2.75) is 22.5 Å². The number of esters is 1. The van der Waals surface area contributed by atoms with E-state index in [1.54, 1.807) is 24.3 Å². The first-order chi connectivity index (χ1) is 16.3. The van der Waals surface area contributed by atoms with Gasteiger partial charge in [-0.05, 0) is 49.2 Å². The number of likely N-dealkylation sites (tertiary alicyclic amines) is 1. The molecular weight excluding hydrogens is 572 g/mol. The van der Waals surface area contributed by atoms with Crippen molar-refractivity contribution >= 4 is 61.2 Å². The third kappa shape index (κ3) is 5.67. The smallest absolute Gasteiger partial charge is 0.326 e. The zero-order chi connectivity index (χ0) is 24.2. The van der Waals surface area contributed by atoms with E-state index >= 15 is 0 Å². The molecule has 178 valence electrons. The molecule has 2 fully saturated rings. The molecule has 2 aromatic carbocycles. The second-order valence-electron chi connectivity index (χ2n) is 8.13. The van der Waals surface area contributed by atoms with Crippen LogP contribution in [0.15, 0.2) is 54.6 Å². The highest BCUT2D eigenvalue weighted by atomic mass is 79.9. The molecule has 4 atom stereocenters. The van der Waals surface area contributed by atoms with E-state index in [-0.39, 0.29) is 21.5 Å². The topological polar surface area (TPSA) is 102 Å². The Kier molecular flexibility index (Phi) is 7.67. The van der Waals surface area contributed by atoms with Crippen molar-refractivity contribution < 1.29 is 28.7 Å². The molecule has 1 heterocycles. The van der Waals surface area contributed by atoms with Gasteiger partial charge in [0.15, 0.2) is 6.61 Å². The molecule has 2 aromatic rings. The van der Waals surface area contributed by atoms with Gasteiger partial charge in [0.25, 0.3) is 5.91 Å². The average molecular weight is 594 g/mol. The summed E-state index contributed by atoms with van der Waals surface area (Å²) < 4.78 is 10.7. The number of rotatable bonds is 7. The maximum absolute atomic E-state index is 12.6. The first kappa shape index (κ1) is 24.4. The molecule has 10 heteroatoms. The van der Waals surface area contributed by atoms with E-state index in [2.05, 4.69) is 37.2 Å². The normalized spacial score (nSPS) is 23.9. The Hall–Kier alpha value is -2.72. The van der Waals surface area contributed by atoms with Gasteiger partial charge in [0.1, 0.15) is 18.0 Å². The van der Waals surface area contributed by atoms with Crippen LogP contribution >= 0.6 is 31.9 Å². The Labute approximate surface area is 213 Å². The summed E-state index contributed by atoms with van der Waals surface area (Å²) in [5.41, 5.74) is 0.504. The summed E-state index contributed by atoms with van der Waals surface area (Å²) in [6, 6.07) is 16.0. The number of halogens is 2. The summed E-state index contributed by atoms with van der Waals surface area (Å²) in [4.78, 5) is 50.8. The van der Waals surface area contributed by atoms with Crippen LogP contribution in [0.25, 0.3) is 0 Å². The molecule has 1 saturated heterocycles. The first-order valence-corrected chi connectivity index (χ1v) is 12.6. The zero-order valence-corrected chi connectivity index (χ0v) is 21.2. The number of benzene rings is 2. The molecular formula is C24H22Br2N2O6. The van der Waals surface area contributed by atoms with Crippen LogP contribution in [0.4, 0.5) is 5.69 Å². The minimum atomic E-state index is -0.812. The molecule has 1 saturated carbocycles. The van der Waals surface area contributed by atoms with Gasteiger partial charge in [-0.2, -0.15) is 0 Å². The number of para-hydroxylation sites is 1. The zero-order valence-electron chi connectivity index (χ0n) is 18.0. The van der Waals surface area contributed by atoms with Gasteiger partial charge < -0.3 is 14.8 Å². The third-order valence-corrected chi connectivity index (χ3v) is 8.50. The number of hydrogen-bond acceptors (Lipinski definition) is 6. The number of imide groups is 1. The van der Waals surface area contributed by atoms with Gasteiger partial charge in [0.05, 0.1) is 11.8 Å². The summed E-state index contributed by atoms with van der Waals surface area (Å²) in [6.07, 6.45) is 1.04. The predicted octanol–water partition coefficient (Wildman–Crippen LogP) is 3.88. The van der Waals surface area contributed by atoms with Crippen molar-refractivity contribution in [2.75, 3.05) is 18.5 Å². The molecule has 3 amide bonds. The lowest BCUT2D eigenvalue weighted by Crippen LogP contribution is -2.37. The van der Waals surface area contributed by atoms with Crippen molar-refractivity contribution in [3.8, 4) is 11.5 Å². The monoisotopic (exact) mass is 592 g/mol. The summed E-state index contributed by atoms with van der Waals surface area (Å²) >= 11 is 7.05. The van der Waals surface area contributed by atoms with Crippen LogP contribution < -0.4 is 10.1 Å². The van der Waals surface area contributed by atoms with Gasteiger partial charge in [0.2, 0.25) is 11.8 Å². The Balaban J connectivity index is 1.24. The fourth-order valence-electron chi connectivity index (χ4n) is 4.07. The maximum Gasteiger partial charge on any atom is 0.326 e. The molecule has 8 nitrogen and oxygen atoms in total. The Bertz CT molecular complexity index is 1050. The standard InChI is InChI=1S/C24H22Br2N2O6/c25-19-10-17-18(11-20(19)26)24(32)28(23(17)31)12-22(30)33-13-21(29)27-14-6-8-16(9-7-14)34-15-4-2-1-3-5-15/h1-9,17-20H,10-13H2,(H,27,29)/t17-,18+,19+,20-. The van der Waals surface area contributed by atoms with Gasteiger partial charge in [-0.1, -0.05) is 50.1 Å². The van der Waals surface area contributed by atoms with E-state index in [4.69, 9.17) is 9.47 Å². The number of hydrogen-bond donors (Lipinski definition) is 1. The van der Waals surface area contributed by atoms with E-state index in [1.165, 1.54) is 0 Å². The molecule has 34 heavy (non-hydrogen) atoms. The maximum atomic E-state index is 12.6. The second-order valence-corrected chi connectivity index (χ2v) is 10.5. The van der Waals surface area contributed by atoms with Crippen LogP contribution in [0, 0.1) is 11.8 Å². The van der Waals surface area contributed by atoms with E-state index in [1.807, 2.05) is 30.3 Å². The van der Waals surface area contributed by atoms with Crippen LogP contribution in [0.5, 0.6) is 11.5 Å². The molecule has 1 aliphatic carbocycles. The predicted molar refractivity (Wildman–Crippen MR) is 131 cm³/mol. The minimum absolute atomic E-state index is 0.0834. The van der Waals surface area contributed by atoms with Gasteiger partial charge in [-0.15, -0.1) is 0 Å². The third-order valence-electron chi connectivity index (χ3n) is 5.77. The number of amides is 3. The number of nitrogens with one attached hydrogen (secondary N) is 1. The number of alkyl halides is 2. The van der Waals surface area contributed by atoms with Crippen molar-refractivity contribution in [1.82, 2.24) is 4.90 Å². The minimum Gasteiger partial charge on any atom is -0.457 e. The quantitative estimate of drug-likeness (QED) is 0.297. The van der Waals surface area contributed by atoms with Crippen LogP contribution in [-0.2, 0) is 23.9 Å². The average Bonchev–Trinajstić information content (AvgIpc) is 3.04. The molecule has 4 rings (SSSR count). The molecule has 0 radical (unpaired) electrons. The van der Waals surface area contributed by atoms with E-state index in [0.717, 1.165) is 4.90 Å². The molecule has 0 spiro atoms. The number of anilines is 1. The van der Waals surface area contributed by atoms with E-state index in [9.17, 15) is 19.2 Å². The Morgan fingerprint density at radius 1 is 0.882 bits per heavy atom. The van der Waals surface area contributed by atoms with Gasteiger partial charge in [0, 0.05) is 15.3 Å². The Morgan fingerprint density at radius 2 is 1.44 bits per heavy atom.